The van der Waals surface area contributed by atoms with Crippen molar-refractivity contribution in [2.45, 2.75) is 20.0 Å². The summed E-state index contributed by atoms with van der Waals surface area (Å²) in [7, 11) is 2.00. The molecule has 2 aromatic heterocycles. The van der Waals surface area contributed by atoms with Gasteiger partial charge in [0.25, 0.3) is 5.56 Å². The van der Waals surface area contributed by atoms with Crippen LogP contribution in [0.2, 0.25) is 5.02 Å². The van der Waals surface area contributed by atoms with E-state index >= 15 is 0 Å². The van der Waals surface area contributed by atoms with E-state index in [2.05, 4.69) is 9.88 Å². The van der Waals surface area contributed by atoms with Crippen molar-refractivity contribution in [2.24, 2.45) is 0 Å². The molecule has 3 aromatic rings. The van der Waals surface area contributed by atoms with Crippen molar-refractivity contribution >= 4 is 27.9 Å². The second-order valence-corrected chi connectivity index (χ2v) is 6.66. The molecule has 4 nitrogen and oxygen atoms in total. The maximum absolute atomic E-state index is 12.2. The predicted octanol–water partition coefficient (Wildman–Crippen LogP) is 3.35. The van der Waals surface area contributed by atoms with Gasteiger partial charge in [-0.2, -0.15) is 0 Å². The van der Waals surface area contributed by atoms with Gasteiger partial charge in [0, 0.05) is 35.3 Å². The first-order valence-corrected chi connectivity index (χ1v) is 8.18. The second kappa shape index (κ2) is 6.20. The molecule has 0 saturated heterocycles. The molecule has 22 heavy (non-hydrogen) atoms. The zero-order chi connectivity index (χ0) is 15.7. The monoisotopic (exact) mass is 333 g/mol. The van der Waals surface area contributed by atoms with Crippen molar-refractivity contribution in [1.82, 2.24) is 14.3 Å². The highest BCUT2D eigenvalue weighted by Crippen LogP contribution is 2.14. The highest BCUT2D eigenvalue weighted by Gasteiger charge is 2.09. The first kappa shape index (κ1) is 15.2. The van der Waals surface area contributed by atoms with Gasteiger partial charge in [-0.25, -0.2) is 4.98 Å². The molecule has 114 valence electrons. The molecule has 0 aliphatic rings. The number of halogens is 1. The first-order valence-electron chi connectivity index (χ1n) is 6.93. The van der Waals surface area contributed by atoms with Gasteiger partial charge in [0.05, 0.1) is 5.69 Å². The van der Waals surface area contributed by atoms with Crippen molar-refractivity contribution in [2.75, 3.05) is 7.05 Å². The average molecular weight is 334 g/mol. The van der Waals surface area contributed by atoms with Crippen LogP contribution in [0.5, 0.6) is 0 Å². The average Bonchev–Trinajstić information content (AvgIpc) is 2.80. The van der Waals surface area contributed by atoms with Crippen LogP contribution in [0.15, 0.2) is 40.5 Å². The van der Waals surface area contributed by atoms with Crippen LogP contribution in [0.25, 0.3) is 4.96 Å². The molecule has 0 amide bonds. The summed E-state index contributed by atoms with van der Waals surface area (Å²) in [6, 6.07) is 9.40. The lowest BCUT2D eigenvalue weighted by Gasteiger charge is -2.16. The van der Waals surface area contributed by atoms with Crippen molar-refractivity contribution in [1.29, 1.82) is 0 Å². The molecule has 0 fully saturated rings. The lowest BCUT2D eigenvalue weighted by molar-refractivity contribution is 0.315. The molecule has 1 aromatic carbocycles. The van der Waals surface area contributed by atoms with Crippen molar-refractivity contribution in [3.05, 3.63) is 68.0 Å². The molecule has 0 aliphatic heterocycles. The van der Waals surface area contributed by atoms with Crippen molar-refractivity contribution in [3.63, 3.8) is 0 Å². The van der Waals surface area contributed by atoms with Gasteiger partial charge in [-0.1, -0.05) is 23.7 Å². The molecule has 0 N–H and O–H groups in total. The Kier molecular flexibility index (Phi) is 4.29. The number of hydrogen-bond donors (Lipinski definition) is 0. The highest BCUT2D eigenvalue weighted by molar-refractivity contribution is 7.15. The van der Waals surface area contributed by atoms with Gasteiger partial charge in [-0.05, 0) is 31.7 Å². The van der Waals surface area contributed by atoms with E-state index in [-0.39, 0.29) is 5.56 Å². The quantitative estimate of drug-likeness (QED) is 0.735. The van der Waals surface area contributed by atoms with E-state index < -0.39 is 0 Å². The van der Waals surface area contributed by atoms with E-state index in [0.717, 1.165) is 33.5 Å². The molecule has 0 unspecified atom stereocenters. The molecule has 2 heterocycles. The highest BCUT2D eigenvalue weighted by atomic mass is 35.5. The van der Waals surface area contributed by atoms with Crippen molar-refractivity contribution in [3.8, 4) is 0 Å². The number of nitrogens with zero attached hydrogens (tertiary/aromatic N) is 3. The molecular formula is C16H16ClN3OS. The lowest BCUT2D eigenvalue weighted by Crippen LogP contribution is -2.21. The molecule has 3 rings (SSSR count). The summed E-state index contributed by atoms with van der Waals surface area (Å²) in [4.78, 5) is 19.6. The normalized spacial score (nSPS) is 11.5. The number of thiazole rings is 1. The SMILES string of the molecule is Cc1csc2nc(CN(C)Cc3cccc(Cl)c3)cc(=O)n12. The fourth-order valence-corrected chi connectivity index (χ4v) is 3.56. The Balaban J connectivity index is 1.79. The van der Waals surface area contributed by atoms with Crippen LogP contribution in [-0.4, -0.2) is 21.3 Å². The summed E-state index contributed by atoms with van der Waals surface area (Å²) in [5, 5.41) is 2.68. The van der Waals surface area contributed by atoms with Crippen LogP contribution in [-0.2, 0) is 13.1 Å². The number of fused-ring (bicyclic) bond motifs is 1. The zero-order valence-corrected chi connectivity index (χ0v) is 14.0. The summed E-state index contributed by atoms with van der Waals surface area (Å²) >= 11 is 7.49. The predicted molar refractivity (Wildman–Crippen MR) is 90.7 cm³/mol. The molecular weight excluding hydrogens is 318 g/mol. The Morgan fingerprint density at radius 1 is 1.32 bits per heavy atom. The standard InChI is InChI=1S/C16H16ClN3OS/c1-11-10-22-16-18-14(7-15(21)20(11)16)9-19(2)8-12-4-3-5-13(17)6-12/h3-7,10H,8-9H2,1-2H3. The Morgan fingerprint density at radius 2 is 2.14 bits per heavy atom. The third kappa shape index (κ3) is 3.21. The zero-order valence-electron chi connectivity index (χ0n) is 12.4. The Morgan fingerprint density at radius 3 is 2.91 bits per heavy atom. The molecule has 0 radical (unpaired) electrons. The maximum Gasteiger partial charge on any atom is 0.259 e. The van der Waals surface area contributed by atoms with Gasteiger partial charge in [-0.15, -0.1) is 11.3 Å². The number of rotatable bonds is 4. The fourth-order valence-electron chi connectivity index (χ4n) is 2.46. The van der Waals surface area contributed by atoms with E-state index in [1.807, 2.05) is 43.6 Å². The topological polar surface area (TPSA) is 37.6 Å². The van der Waals surface area contributed by atoms with E-state index in [9.17, 15) is 4.79 Å². The summed E-state index contributed by atoms with van der Waals surface area (Å²) in [6.07, 6.45) is 0. The van der Waals surface area contributed by atoms with Crippen LogP contribution in [0, 0.1) is 6.92 Å². The number of hydrogen-bond acceptors (Lipinski definition) is 4. The second-order valence-electron chi connectivity index (χ2n) is 5.38. The fraction of sp³-hybridized carbons (Fsp3) is 0.250. The van der Waals surface area contributed by atoms with Crippen LogP contribution in [0.4, 0.5) is 0 Å². The smallest absolute Gasteiger partial charge is 0.259 e. The third-order valence-electron chi connectivity index (χ3n) is 3.40. The van der Waals surface area contributed by atoms with E-state index in [0.29, 0.717) is 6.54 Å². The minimum atomic E-state index is -0.0186. The molecule has 6 heteroatoms. The van der Waals surface area contributed by atoms with Gasteiger partial charge in [0.15, 0.2) is 4.96 Å². The summed E-state index contributed by atoms with van der Waals surface area (Å²) in [6.45, 7) is 3.29. The van der Waals surface area contributed by atoms with E-state index in [4.69, 9.17) is 11.6 Å². The van der Waals surface area contributed by atoms with Gasteiger partial charge in [0.1, 0.15) is 0 Å². The van der Waals surface area contributed by atoms with Crippen LogP contribution in [0.3, 0.4) is 0 Å². The van der Waals surface area contributed by atoms with E-state index in [1.54, 1.807) is 10.5 Å². The minimum absolute atomic E-state index is 0.0186. The van der Waals surface area contributed by atoms with Gasteiger partial charge in [0.2, 0.25) is 0 Å². The van der Waals surface area contributed by atoms with Crippen LogP contribution >= 0.6 is 22.9 Å². The molecule has 0 aliphatic carbocycles. The van der Waals surface area contributed by atoms with Crippen molar-refractivity contribution < 1.29 is 0 Å². The largest absolute Gasteiger partial charge is 0.296 e. The molecule has 0 saturated carbocycles. The van der Waals surface area contributed by atoms with Gasteiger partial charge in [-0.3, -0.25) is 14.1 Å². The molecule has 0 bridgehead atoms. The lowest BCUT2D eigenvalue weighted by atomic mass is 10.2. The Labute approximate surface area is 137 Å². The number of aromatic nitrogens is 2. The van der Waals surface area contributed by atoms with Gasteiger partial charge >= 0.3 is 0 Å². The van der Waals surface area contributed by atoms with Gasteiger partial charge < -0.3 is 0 Å². The number of benzene rings is 1. The first-order chi connectivity index (χ1) is 10.5. The Hall–Kier alpha value is -1.69. The summed E-state index contributed by atoms with van der Waals surface area (Å²) < 4.78 is 1.64. The maximum atomic E-state index is 12.2. The molecule has 0 spiro atoms. The van der Waals surface area contributed by atoms with E-state index in [1.165, 1.54) is 11.3 Å². The number of aryl methyl sites for hydroxylation is 1. The van der Waals surface area contributed by atoms with Crippen LogP contribution in [0.1, 0.15) is 17.0 Å². The van der Waals surface area contributed by atoms with Crippen LogP contribution < -0.4 is 5.56 Å². The Bertz CT molecular complexity index is 871. The summed E-state index contributed by atoms with van der Waals surface area (Å²) in [5.41, 5.74) is 2.84. The summed E-state index contributed by atoms with van der Waals surface area (Å²) in [5.74, 6) is 0. The molecule has 0 atom stereocenters. The minimum Gasteiger partial charge on any atom is -0.296 e. The third-order valence-corrected chi connectivity index (χ3v) is 4.58.